The van der Waals surface area contributed by atoms with Crippen molar-refractivity contribution >= 4 is 35.3 Å². The van der Waals surface area contributed by atoms with Gasteiger partial charge >= 0.3 is 0 Å². The summed E-state index contributed by atoms with van der Waals surface area (Å²) in [5.41, 5.74) is 2.66. The second-order valence-electron chi connectivity index (χ2n) is 10.8. The number of rotatable bonds is 6. The first-order valence-corrected chi connectivity index (χ1v) is 16.2. The number of amides is 2. The van der Waals surface area contributed by atoms with Gasteiger partial charge in [0.05, 0.1) is 11.8 Å². The summed E-state index contributed by atoms with van der Waals surface area (Å²) in [7, 11) is 0. The van der Waals surface area contributed by atoms with E-state index in [2.05, 4.69) is 43.9 Å². The molecule has 4 aliphatic rings. The molecule has 2 unspecified atom stereocenters. The smallest absolute Gasteiger partial charge is 0.227 e. The van der Waals surface area contributed by atoms with Crippen LogP contribution in [0.3, 0.4) is 0 Å². The Morgan fingerprint density at radius 2 is 1.03 bits per heavy atom. The molecule has 6 nitrogen and oxygen atoms in total. The van der Waals surface area contributed by atoms with Gasteiger partial charge in [0.25, 0.3) is 0 Å². The zero-order chi connectivity index (χ0) is 24.7. The fourth-order valence-electron chi connectivity index (χ4n) is 6.15. The molecule has 0 saturated carbocycles. The van der Waals surface area contributed by atoms with E-state index in [1.54, 1.807) is 0 Å². The van der Waals surface area contributed by atoms with Gasteiger partial charge in [-0.05, 0) is 49.9 Å². The van der Waals surface area contributed by atoms with Crippen LogP contribution in [0.1, 0.15) is 36.8 Å². The zero-order valence-corrected chi connectivity index (χ0v) is 23.2. The van der Waals surface area contributed by atoms with E-state index in [0.717, 1.165) is 114 Å². The van der Waals surface area contributed by atoms with E-state index in [9.17, 15) is 9.59 Å². The van der Waals surface area contributed by atoms with Crippen molar-refractivity contribution < 1.29 is 9.59 Å². The van der Waals surface area contributed by atoms with Crippen molar-refractivity contribution in [2.45, 2.75) is 38.8 Å². The number of hydrogen-bond donors (Lipinski definition) is 0. The van der Waals surface area contributed by atoms with E-state index in [1.165, 1.54) is 11.1 Å². The predicted octanol–water partition coefficient (Wildman–Crippen LogP) is 3.26. The van der Waals surface area contributed by atoms with Gasteiger partial charge in [0.15, 0.2) is 0 Å². The molecule has 198 valence electrons. The molecule has 5 rings (SSSR count). The minimum absolute atomic E-state index is 0.166. The van der Waals surface area contributed by atoms with Gasteiger partial charge in [0.1, 0.15) is 0 Å². The van der Waals surface area contributed by atoms with Crippen molar-refractivity contribution in [1.29, 1.82) is 0 Å². The molecule has 4 fully saturated rings. The molecule has 4 saturated heterocycles. The highest BCUT2D eigenvalue weighted by molar-refractivity contribution is 7.99. The zero-order valence-electron chi connectivity index (χ0n) is 21.6. The minimum Gasteiger partial charge on any atom is -0.341 e. The van der Waals surface area contributed by atoms with Crippen molar-refractivity contribution in [2.75, 3.05) is 75.4 Å². The summed E-state index contributed by atoms with van der Waals surface area (Å²) in [5, 5.41) is 0. The molecule has 4 heterocycles. The Kier molecular flexibility index (Phi) is 9.55. The van der Waals surface area contributed by atoms with Crippen molar-refractivity contribution in [3.63, 3.8) is 0 Å². The van der Waals surface area contributed by atoms with Gasteiger partial charge in [0, 0.05) is 75.4 Å². The van der Waals surface area contributed by atoms with Crippen LogP contribution in [-0.4, -0.2) is 107 Å². The molecule has 0 N–H and O–H groups in total. The molecule has 2 amide bonds. The Bertz CT molecular complexity index is 800. The first-order chi connectivity index (χ1) is 17.7. The standard InChI is InChI=1S/C28H42N4O2S2/c33-27(31-11-15-35-16-12-31)25-3-1-9-29(21-25)19-23-5-7-24(8-6-23)20-30-10-2-4-26(22-30)28(34)32-13-17-36-18-14-32/h5-8,25-26H,1-4,9-22H2. The van der Waals surface area contributed by atoms with Gasteiger partial charge in [-0.2, -0.15) is 23.5 Å². The number of nitrogens with zero attached hydrogens (tertiary/aromatic N) is 4. The van der Waals surface area contributed by atoms with Gasteiger partial charge in [-0.25, -0.2) is 0 Å². The van der Waals surface area contributed by atoms with Crippen LogP contribution in [0.5, 0.6) is 0 Å². The monoisotopic (exact) mass is 530 g/mol. The molecule has 36 heavy (non-hydrogen) atoms. The second kappa shape index (κ2) is 13.0. The van der Waals surface area contributed by atoms with Crippen LogP contribution >= 0.6 is 23.5 Å². The van der Waals surface area contributed by atoms with Gasteiger partial charge < -0.3 is 9.80 Å². The molecule has 8 heteroatoms. The molecular formula is C28H42N4O2S2. The molecule has 2 atom stereocenters. The van der Waals surface area contributed by atoms with E-state index < -0.39 is 0 Å². The summed E-state index contributed by atoms with van der Waals surface area (Å²) in [6.45, 7) is 9.49. The van der Waals surface area contributed by atoms with Crippen LogP contribution in [-0.2, 0) is 22.7 Å². The number of piperidine rings is 2. The van der Waals surface area contributed by atoms with E-state index in [1.807, 2.05) is 23.5 Å². The molecule has 4 aliphatic heterocycles. The summed E-state index contributed by atoms with van der Waals surface area (Å²) in [4.78, 5) is 35.1. The SMILES string of the molecule is O=C(C1CCCN(Cc2ccc(CN3CCCC(C(=O)N4CCSCC4)C3)cc2)C1)N1CCSCC1. The fourth-order valence-corrected chi connectivity index (χ4v) is 7.96. The van der Waals surface area contributed by atoms with Gasteiger partial charge in [-0.15, -0.1) is 0 Å². The Labute approximate surface area is 225 Å². The molecule has 0 bridgehead atoms. The van der Waals surface area contributed by atoms with E-state index in [-0.39, 0.29) is 11.8 Å². The van der Waals surface area contributed by atoms with Crippen LogP contribution in [0.4, 0.5) is 0 Å². The highest BCUT2D eigenvalue weighted by Crippen LogP contribution is 2.24. The lowest BCUT2D eigenvalue weighted by atomic mass is 9.95. The Balaban J connectivity index is 1.09. The average molecular weight is 531 g/mol. The molecule has 0 aliphatic carbocycles. The highest BCUT2D eigenvalue weighted by atomic mass is 32.2. The third-order valence-corrected chi connectivity index (χ3v) is 10.1. The summed E-state index contributed by atoms with van der Waals surface area (Å²) in [6, 6.07) is 9.06. The highest BCUT2D eigenvalue weighted by Gasteiger charge is 2.31. The van der Waals surface area contributed by atoms with Gasteiger partial charge in [0.2, 0.25) is 11.8 Å². The van der Waals surface area contributed by atoms with Crippen molar-refractivity contribution in [3.8, 4) is 0 Å². The van der Waals surface area contributed by atoms with Crippen molar-refractivity contribution in [3.05, 3.63) is 35.4 Å². The van der Waals surface area contributed by atoms with E-state index in [4.69, 9.17) is 0 Å². The number of hydrogen-bond acceptors (Lipinski definition) is 6. The van der Waals surface area contributed by atoms with Crippen LogP contribution < -0.4 is 0 Å². The summed E-state index contributed by atoms with van der Waals surface area (Å²) in [6.07, 6.45) is 4.30. The molecule has 0 spiro atoms. The maximum Gasteiger partial charge on any atom is 0.227 e. The lowest BCUT2D eigenvalue weighted by Gasteiger charge is -2.36. The van der Waals surface area contributed by atoms with Crippen LogP contribution in [0, 0.1) is 11.8 Å². The molecule has 1 aromatic carbocycles. The van der Waals surface area contributed by atoms with Crippen LogP contribution in [0.25, 0.3) is 0 Å². The number of benzene rings is 1. The predicted molar refractivity (Wildman–Crippen MR) is 150 cm³/mol. The molecular weight excluding hydrogens is 488 g/mol. The third kappa shape index (κ3) is 7.00. The summed E-state index contributed by atoms with van der Waals surface area (Å²) in [5.74, 6) is 5.43. The molecule has 1 aromatic rings. The van der Waals surface area contributed by atoms with Crippen LogP contribution in [0.2, 0.25) is 0 Å². The van der Waals surface area contributed by atoms with E-state index >= 15 is 0 Å². The average Bonchev–Trinajstić information content (AvgIpc) is 2.94. The Hall–Kier alpha value is -1.22. The van der Waals surface area contributed by atoms with Gasteiger partial charge in [-0.1, -0.05) is 24.3 Å². The number of thioether (sulfide) groups is 2. The minimum atomic E-state index is 0.166. The van der Waals surface area contributed by atoms with E-state index in [0.29, 0.717) is 11.8 Å². The lowest BCUT2D eigenvalue weighted by molar-refractivity contribution is -0.137. The van der Waals surface area contributed by atoms with Gasteiger partial charge in [-0.3, -0.25) is 19.4 Å². The van der Waals surface area contributed by atoms with Crippen LogP contribution in [0.15, 0.2) is 24.3 Å². The van der Waals surface area contributed by atoms with Crippen molar-refractivity contribution in [1.82, 2.24) is 19.6 Å². The molecule has 0 radical (unpaired) electrons. The normalized spacial score (nSPS) is 26.7. The Morgan fingerprint density at radius 3 is 1.42 bits per heavy atom. The topological polar surface area (TPSA) is 47.1 Å². The molecule has 0 aromatic heterocycles. The first kappa shape index (κ1) is 26.4. The maximum atomic E-state index is 13.0. The number of likely N-dealkylation sites (tertiary alicyclic amines) is 2. The largest absolute Gasteiger partial charge is 0.341 e. The summed E-state index contributed by atoms with van der Waals surface area (Å²) >= 11 is 3.92. The number of carbonyl (C=O) groups is 2. The second-order valence-corrected chi connectivity index (χ2v) is 13.3. The fraction of sp³-hybridized carbons (Fsp3) is 0.714. The number of carbonyl (C=O) groups excluding carboxylic acids is 2. The third-order valence-electron chi connectivity index (χ3n) is 8.19. The van der Waals surface area contributed by atoms with Crippen molar-refractivity contribution in [2.24, 2.45) is 11.8 Å². The quantitative estimate of drug-likeness (QED) is 0.563. The lowest BCUT2D eigenvalue weighted by Crippen LogP contribution is -2.47. The first-order valence-electron chi connectivity index (χ1n) is 13.9. The summed E-state index contributed by atoms with van der Waals surface area (Å²) < 4.78 is 0. The Morgan fingerprint density at radius 1 is 0.639 bits per heavy atom. The maximum absolute atomic E-state index is 13.0.